The highest BCUT2D eigenvalue weighted by molar-refractivity contribution is 5.35. The number of aromatic nitrogens is 2. The Bertz CT molecular complexity index is 620. The molecule has 0 aliphatic carbocycles. The van der Waals surface area contributed by atoms with Crippen molar-refractivity contribution in [3.63, 3.8) is 0 Å². The van der Waals surface area contributed by atoms with Crippen LogP contribution in [0.15, 0.2) is 30.5 Å². The quantitative estimate of drug-likeness (QED) is 0.937. The molecule has 0 unspecified atom stereocenters. The zero-order valence-corrected chi connectivity index (χ0v) is 11.7. The van der Waals surface area contributed by atoms with Gasteiger partial charge < -0.3 is 15.0 Å². The number of hydrogen-bond donors (Lipinski definition) is 1. The molecule has 0 saturated carbocycles. The van der Waals surface area contributed by atoms with Gasteiger partial charge in [-0.15, -0.1) is 0 Å². The smallest absolute Gasteiger partial charge is 0.419 e. The molecule has 0 saturated heterocycles. The molecule has 0 radical (unpaired) electrons. The summed E-state index contributed by atoms with van der Waals surface area (Å²) in [6.07, 6.45) is -2.94. The highest BCUT2D eigenvalue weighted by Crippen LogP contribution is 2.36. The number of rotatable bonds is 4. The Balaban J connectivity index is 2.22. The van der Waals surface area contributed by atoms with Crippen molar-refractivity contribution < 1.29 is 17.9 Å². The number of hydrogen-bond acceptors (Lipinski definition) is 3. The number of para-hydroxylation sites is 1. The lowest BCUT2D eigenvalue weighted by atomic mass is 10.2. The zero-order chi connectivity index (χ0) is 15.6. The van der Waals surface area contributed by atoms with E-state index in [1.165, 1.54) is 24.4 Å². The molecule has 1 aromatic heterocycles. The van der Waals surface area contributed by atoms with Crippen LogP contribution in [0.2, 0.25) is 0 Å². The number of anilines is 1. The third-order valence-electron chi connectivity index (χ3n) is 2.99. The van der Waals surface area contributed by atoms with Gasteiger partial charge in [0.05, 0.1) is 17.5 Å². The Kier molecular flexibility index (Phi) is 4.11. The molecule has 0 aliphatic rings. The molecule has 2 rings (SSSR count). The molecule has 0 spiro atoms. The van der Waals surface area contributed by atoms with Crippen LogP contribution in [0.5, 0.6) is 5.75 Å². The van der Waals surface area contributed by atoms with Gasteiger partial charge >= 0.3 is 6.18 Å². The maximum atomic E-state index is 12.9. The highest BCUT2D eigenvalue weighted by Gasteiger charge is 2.34. The first-order valence-electron chi connectivity index (χ1n) is 6.41. The summed E-state index contributed by atoms with van der Waals surface area (Å²) in [6, 6.07) is 5.15. The lowest BCUT2D eigenvalue weighted by molar-refractivity contribution is -0.139. The molecule has 0 atom stereocenters. The van der Waals surface area contributed by atoms with Gasteiger partial charge in [0.2, 0.25) is 5.95 Å². The fourth-order valence-electron chi connectivity index (χ4n) is 2.09. The second-order valence-electron chi connectivity index (χ2n) is 4.85. The summed E-state index contributed by atoms with van der Waals surface area (Å²) in [4.78, 5) is 3.96. The van der Waals surface area contributed by atoms with Crippen LogP contribution in [0.1, 0.15) is 31.1 Å². The minimum atomic E-state index is -4.45. The molecule has 0 bridgehead atoms. The molecule has 4 nitrogen and oxygen atoms in total. The number of benzene rings is 1. The van der Waals surface area contributed by atoms with Gasteiger partial charge in [-0.05, 0) is 26.0 Å². The third kappa shape index (κ3) is 3.29. The number of imidazole rings is 1. The first kappa shape index (κ1) is 15.2. The lowest BCUT2D eigenvalue weighted by Crippen LogP contribution is -2.13. The van der Waals surface area contributed by atoms with Gasteiger partial charge in [0.15, 0.2) is 0 Å². The predicted molar refractivity (Wildman–Crippen MR) is 72.8 cm³/mol. The van der Waals surface area contributed by atoms with Crippen LogP contribution in [0.4, 0.5) is 19.1 Å². The molecular formula is C14H16F3N3O. The fourth-order valence-corrected chi connectivity index (χ4v) is 2.09. The average molecular weight is 299 g/mol. The molecule has 0 fully saturated rings. The van der Waals surface area contributed by atoms with Crippen LogP contribution in [-0.2, 0) is 12.8 Å². The molecular weight excluding hydrogens is 283 g/mol. The van der Waals surface area contributed by atoms with Gasteiger partial charge in [0.25, 0.3) is 0 Å². The van der Waals surface area contributed by atoms with E-state index in [0.29, 0.717) is 11.6 Å². The first-order valence-corrected chi connectivity index (χ1v) is 6.41. The normalized spacial score (nSPS) is 11.9. The van der Waals surface area contributed by atoms with E-state index in [9.17, 15) is 13.2 Å². The molecule has 0 amide bonds. The Morgan fingerprint density at radius 2 is 1.95 bits per heavy atom. The summed E-state index contributed by atoms with van der Waals surface area (Å²) in [6.45, 7) is 3.78. The van der Waals surface area contributed by atoms with Crippen LogP contribution in [0, 0.1) is 0 Å². The van der Waals surface area contributed by atoms with Crippen molar-refractivity contribution in [3.05, 3.63) is 41.7 Å². The monoisotopic (exact) mass is 299 g/mol. The number of halogens is 3. The SMILES string of the molecule is CC(C)n1c(COc2ccccc2C(F)(F)F)cnc1N. The van der Waals surface area contributed by atoms with Crippen molar-refractivity contribution in [1.82, 2.24) is 9.55 Å². The first-order chi connectivity index (χ1) is 9.80. The average Bonchev–Trinajstić information content (AvgIpc) is 2.77. The van der Waals surface area contributed by atoms with Crippen LogP contribution in [-0.4, -0.2) is 9.55 Å². The summed E-state index contributed by atoms with van der Waals surface area (Å²) < 4.78 is 45.6. The molecule has 2 aromatic rings. The second kappa shape index (κ2) is 5.67. The van der Waals surface area contributed by atoms with Crippen LogP contribution >= 0.6 is 0 Å². The summed E-state index contributed by atoms with van der Waals surface area (Å²) in [5.41, 5.74) is 5.55. The van der Waals surface area contributed by atoms with Crippen molar-refractivity contribution in [1.29, 1.82) is 0 Å². The third-order valence-corrected chi connectivity index (χ3v) is 2.99. The Morgan fingerprint density at radius 1 is 1.29 bits per heavy atom. The van der Waals surface area contributed by atoms with E-state index in [1.54, 1.807) is 4.57 Å². The van der Waals surface area contributed by atoms with E-state index < -0.39 is 11.7 Å². The number of nitrogens with two attached hydrogens (primary N) is 1. The molecule has 7 heteroatoms. The number of nitrogens with zero attached hydrogens (tertiary/aromatic N) is 2. The Morgan fingerprint density at radius 3 is 2.57 bits per heavy atom. The number of ether oxygens (including phenoxy) is 1. The fraction of sp³-hybridized carbons (Fsp3) is 0.357. The zero-order valence-electron chi connectivity index (χ0n) is 11.7. The maximum absolute atomic E-state index is 12.9. The summed E-state index contributed by atoms with van der Waals surface area (Å²) in [5, 5.41) is 0. The summed E-state index contributed by atoms with van der Waals surface area (Å²) in [7, 11) is 0. The highest BCUT2D eigenvalue weighted by atomic mass is 19.4. The van der Waals surface area contributed by atoms with Gasteiger partial charge in [0, 0.05) is 6.04 Å². The molecule has 114 valence electrons. The van der Waals surface area contributed by atoms with Crippen molar-refractivity contribution in [2.75, 3.05) is 5.73 Å². The van der Waals surface area contributed by atoms with Crippen LogP contribution < -0.4 is 10.5 Å². The van der Waals surface area contributed by atoms with Crippen molar-refractivity contribution in [3.8, 4) is 5.75 Å². The van der Waals surface area contributed by atoms with Crippen LogP contribution in [0.25, 0.3) is 0 Å². The molecule has 1 aromatic carbocycles. The number of alkyl halides is 3. The molecule has 1 heterocycles. The van der Waals surface area contributed by atoms with E-state index in [-0.39, 0.29) is 18.4 Å². The van der Waals surface area contributed by atoms with Gasteiger partial charge in [0.1, 0.15) is 12.4 Å². The predicted octanol–water partition coefficient (Wildman–Crippen LogP) is 3.64. The molecule has 2 N–H and O–H groups in total. The number of nitrogen functional groups attached to an aromatic ring is 1. The second-order valence-corrected chi connectivity index (χ2v) is 4.85. The van der Waals surface area contributed by atoms with Gasteiger partial charge in [-0.2, -0.15) is 13.2 Å². The summed E-state index contributed by atoms with van der Waals surface area (Å²) in [5.74, 6) is 0.104. The Labute approximate surface area is 120 Å². The molecule has 0 aliphatic heterocycles. The minimum absolute atomic E-state index is 0.0323. The van der Waals surface area contributed by atoms with Crippen molar-refractivity contribution in [2.24, 2.45) is 0 Å². The van der Waals surface area contributed by atoms with Gasteiger partial charge in [-0.25, -0.2) is 4.98 Å². The topological polar surface area (TPSA) is 53.1 Å². The standard InChI is InChI=1S/C14H16F3N3O/c1-9(2)20-10(7-19-13(20)18)8-21-12-6-4-3-5-11(12)14(15,16)17/h3-7,9H,8H2,1-2H3,(H2,18,19). The van der Waals surface area contributed by atoms with Gasteiger partial charge in [-0.1, -0.05) is 12.1 Å². The van der Waals surface area contributed by atoms with E-state index in [2.05, 4.69) is 4.98 Å². The van der Waals surface area contributed by atoms with E-state index in [1.807, 2.05) is 13.8 Å². The van der Waals surface area contributed by atoms with Gasteiger partial charge in [-0.3, -0.25) is 0 Å². The maximum Gasteiger partial charge on any atom is 0.419 e. The van der Waals surface area contributed by atoms with Crippen LogP contribution in [0.3, 0.4) is 0 Å². The largest absolute Gasteiger partial charge is 0.487 e. The minimum Gasteiger partial charge on any atom is -0.487 e. The molecule has 21 heavy (non-hydrogen) atoms. The Hall–Kier alpha value is -2.18. The van der Waals surface area contributed by atoms with E-state index >= 15 is 0 Å². The van der Waals surface area contributed by atoms with Crippen molar-refractivity contribution in [2.45, 2.75) is 32.7 Å². The van der Waals surface area contributed by atoms with E-state index in [4.69, 9.17) is 10.5 Å². The lowest BCUT2D eigenvalue weighted by Gasteiger charge is -2.16. The van der Waals surface area contributed by atoms with E-state index in [0.717, 1.165) is 6.07 Å². The summed E-state index contributed by atoms with van der Waals surface area (Å²) >= 11 is 0. The van der Waals surface area contributed by atoms with Crippen molar-refractivity contribution >= 4 is 5.95 Å².